The second-order valence-corrected chi connectivity index (χ2v) is 7.40. The molecule has 3 aromatic rings. The molecule has 0 saturated carbocycles. The maximum absolute atomic E-state index is 12.3. The molecule has 0 aliphatic heterocycles. The van der Waals surface area contributed by atoms with E-state index in [1.54, 1.807) is 67.8 Å². The first-order valence-corrected chi connectivity index (χ1v) is 10.5. The van der Waals surface area contributed by atoms with Crippen LogP contribution in [0.2, 0.25) is 5.02 Å². The Labute approximate surface area is 202 Å². The first-order chi connectivity index (χ1) is 16.4. The highest BCUT2D eigenvalue weighted by molar-refractivity contribution is 6.30. The normalized spacial score (nSPS) is 10.6. The number of amides is 1. The van der Waals surface area contributed by atoms with Gasteiger partial charge in [-0.05, 0) is 65.7 Å². The number of benzene rings is 3. The molecule has 0 fully saturated rings. The summed E-state index contributed by atoms with van der Waals surface area (Å²) < 4.78 is 21.2. The minimum Gasteiger partial charge on any atom is -0.493 e. The molecule has 0 spiro atoms. The second-order valence-electron chi connectivity index (χ2n) is 6.97. The largest absolute Gasteiger partial charge is 0.493 e. The molecule has 9 heteroatoms. The number of hydrazone groups is 1. The Morgan fingerprint density at radius 1 is 0.853 bits per heavy atom. The SMILES string of the molecule is COc1ccc(CC(=O)N/N=C\c2ccc(OC(=O)c3ccc(Cl)cc3)c(OC)c2)cc1OC. The van der Waals surface area contributed by atoms with Crippen LogP contribution in [0.4, 0.5) is 0 Å². The van der Waals surface area contributed by atoms with Crippen molar-refractivity contribution in [2.24, 2.45) is 5.10 Å². The topological polar surface area (TPSA) is 95.5 Å². The number of esters is 1. The fraction of sp³-hybridized carbons (Fsp3) is 0.160. The number of carbonyl (C=O) groups excluding carboxylic acids is 2. The van der Waals surface area contributed by atoms with Crippen molar-refractivity contribution in [1.29, 1.82) is 0 Å². The molecule has 0 saturated heterocycles. The second kappa shape index (κ2) is 11.7. The first kappa shape index (κ1) is 24.6. The van der Waals surface area contributed by atoms with Gasteiger partial charge in [-0.1, -0.05) is 17.7 Å². The number of rotatable bonds is 9. The molecule has 0 heterocycles. The number of hydrogen-bond donors (Lipinski definition) is 1. The predicted molar refractivity (Wildman–Crippen MR) is 128 cm³/mol. The molecular weight excluding hydrogens is 460 g/mol. The van der Waals surface area contributed by atoms with Gasteiger partial charge in [0.05, 0.1) is 39.5 Å². The third-order valence-electron chi connectivity index (χ3n) is 4.69. The highest BCUT2D eigenvalue weighted by Gasteiger charge is 2.13. The Balaban J connectivity index is 1.61. The van der Waals surface area contributed by atoms with Crippen LogP contribution in [0, 0.1) is 0 Å². The van der Waals surface area contributed by atoms with Crippen molar-refractivity contribution in [3.05, 3.63) is 82.4 Å². The lowest BCUT2D eigenvalue weighted by Crippen LogP contribution is -2.19. The highest BCUT2D eigenvalue weighted by Crippen LogP contribution is 2.29. The van der Waals surface area contributed by atoms with E-state index in [4.69, 9.17) is 30.5 Å². The molecule has 0 atom stereocenters. The maximum Gasteiger partial charge on any atom is 0.343 e. The summed E-state index contributed by atoms with van der Waals surface area (Å²) in [6.07, 6.45) is 1.57. The van der Waals surface area contributed by atoms with Gasteiger partial charge in [-0.2, -0.15) is 5.10 Å². The molecule has 0 bridgehead atoms. The molecule has 3 aromatic carbocycles. The molecule has 34 heavy (non-hydrogen) atoms. The van der Waals surface area contributed by atoms with Gasteiger partial charge in [-0.25, -0.2) is 10.2 Å². The molecule has 3 rings (SSSR count). The minimum absolute atomic E-state index is 0.112. The summed E-state index contributed by atoms with van der Waals surface area (Å²) in [6.45, 7) is 0. The summed E-state index contributed by atoms with van der Waals surface area (Å²) in [6, 6.07) is 16.5. The summed E-state index contributed by atoms with van der Waals surface area (Å²) in [4.78, 5) is 24.6. The Hall–Kier alpha value is -4.04. The fourth-order valence-electron chi connectivity index (χ4n) is 2.99. The van der Waals surface area contributed by atoms with Crippen LogP contribution in [0.3, 0.4) is 0 Å². The smallest absolute Gasteiger partial charge is 0.343 e. The van der Waals surface area contributed by atoms with Crippen LogP contribution in [-0.4, -0.2) is 39.4 Å². The monoisotopic (exact) mass is 482 g/mol. The third-order valence-corrected chi connectivity index (χ3v) is 4.94. The van der Waals surface area contributed by atoms with Crippen LogP contribution in [0.15, 0.2) is 65.8 Å². The van der Waals surface area contributed by atoms with Crippen LogP contribution in [-0.2, 0) is 11.2 Å². The van der Waals surface area contributed by atoms with Gasteiger partial charge in [0, 0.05) is 5.02 Å². The van der Waals surface area contributed by atoms with Crippen LogP contribution in [0.25, 0.3) is 0 Å². The zero-order valence-electron chi connectivity index (χ0n) is 18.8. The van der Waals surface area contributed by atoms with Crippen molar-refractivity contribution >= 4 is 29.7 Å². The summed E-state index contributed by atoms with van der Waals surface area (Å²) in [5, 5.41) is 4.50. The van der Waals surface area contributed by atoms with Gasteiger partial charge in [0.25, 0.3) is 0 Å². The van der Waals surface area contributed by atoms with E-state index in [0.717, 1.165) is 5.56 Å². The lowest BCUT2D eigenvalue weighted by molar-refractivity contribution is -0.120. The van der Waals surface area contributed by atoms with E-state index in [-0.39, 0.29) is 18.1 Å². The number of nitrogens with zero attached hydrogens (tertiary/aromatic N) is 1. The van der Waals surface area contributed by atoms with E-state index in [0.29, 0.717) is 33.4 Å². The molecule has 0 radical (unpaired) electrons. The van der Waals surface area contributed by atoms with Crippen molar-refractivity contribution in [2.75, 3.05) is 21.3 Å². The predicted octanol–water partition coefficient (Wildman–Crippen LogP) is 4.28. The molecule has 8 nitrogen and oxygen atoms in total. The number of hydrogen-bond acceptors (Lipinski definition) is 7. The number of ether oxygens (including phenoxy) is 4. The Bertz CT molecular complexity index is 1190. The van der Waals surface area contributed by atoms with Gasteiger partial charge in [-0.3, -0.25) is 4.79 Å². The van der Waals surface area contributed by atoms with Gasteiger partial charge in [0.2, 0.25) is 5.91 Å². The van der Waals surface area contributed by atoms with Crippen molar-refractivity contribution < 1.29 is 28.5 Å². The van der Waals surface area contributed by atoms with Crippen LogP contribution < -0.4 is 24.4 Å². The van der Waals surface area contributed by atoms with Crippen molar-refractivity contribution in [1.82, 2.24) is 5.43 Å². The molecule has 1 amide bonds. The zero-order valence-corrected chi connectivity index (χ0v) is 19.6. The molecule has 0 aromatic heterocycles. The van der Waals surface area contributed by atoms with Gasteiger partial charge in [0.1, 0.15) is 0 Å². The van der Waals surface area contributed by atoms with Crippen molar-refractivity contribution in [3.8, 4) is 23.0 Å². The first-order valence-electron chi connectivity index (χ1n) is 10.1. The maximum atomic E-state index is 12.3. The quantitative estimate of drug-likeness (QED) is 0.212. The summed E-state index contributed by atoms with van der Waals surface area (Å²) in [5.74, 6) is 0.865. The van der Waals surface area contributed by atoms with Gasteiger partial charge in [0.15, 0.2) is 23.0 Å². The Kier molecular flexibility index (Phi) is 8.48. The molecule has 176 valence electrons. The van der Waals surface area contributed by atoms with Gasteiger partial charge >= 0.3 is 5.97 Å². The fourth-order valence-corrected chi connectivity index (χ4v) is 3.11. The number of methoxy groups -OCH3 is 3. The van der Waals surface area contributed by atoms with Crippen LogP contribution in [0.1, 0.15) is 21.5 Å². The van der Waals surface area contributed by atoms with E-state index >= 15 is 0 Å². The zero-order chi connectivity index (χ0) is 24.5. The lowest BCUT2D eigenvalue weighted by Gasteiger charge is -2.10. The van der Waals surface area contributed by atoms with E-state index in [1.165, 1.54) is 20.4 Å². The summed E-state index contributed by atoms with van der Waals surface area (Å²) >= 11 is 5.85. The van der Waals surface area contributed by atoms with E-state index in [2.05, 4.69) is 10.5 Å². The molecule has 0 aliphatic carbocycles. The van der Waals surface area contributed by atoms with E-state index in [9.17, 15) is 9.59 Å². The number of carbonyl (C=O) groups is 2. The minimum atomic E-state index is -0.543. The van der Waals surface area contributed by atoms with Crippen LogP contribution >= 0.6 is 11.6 Å². The molecular formula is C25H23ClN2O6. The average molecular weight is 483 g/mol. The van der Waals surface area contributed by atoms with Gasteiger partial charge < -0.3 is 18.9 Å². The number of halogens is 1. The third kappa shape index (κ3) is 6.49. The summed E-state index contributed by atoms with van der Waals surface area (Å²) in [7, 11) is 4.54. The number of nitrogens with one attached hydrogen (secondary N) is 1. The molecule has 0 aliphatic rings. The summed E-state index contributed by atoms with van der Waals surface area (Å²) in [5.41, 5.74) is 4.22. The van der Waals surface area contributed by atoms with Crippen LogP contribution in [0.5, 0.6) is 23.0 Å². The highest BCUT2D eigenvalue weighted by atomic mass is 35.5. The lowest BCUT2D eigenvalue weighted by atomic mass is 10.1. The Morgan fingerprint density at radius 2 is 1.50 bits per heavy atom. The van der Waals surface area contributed by atoms with Crippen molar-refractivity contribution in [3.63, 3.8) is 0 Å². The van der Waals surface area contributed by atoms with Gasteiger partial charge in [-0.15, -0.1) is 0 Å². The van der Waals surface area contributed by atoms with E-state index in [1.807, 2.05) is 0 Å². The molecule has 0 unspecified atom stereocenters. The van der Waals surface area contributed by atoms with E-state index < -0.39 is 5.97 Å². The van der Waals surface area contributed by atoms with Crippen molar-refractivity contribution in [2.45, 2.75) is 6.42 Å². The Morgan fingerprint density at radius 3 is 2.18 bits per heavy atom. The average Bonchev–Trinajstić information content (AvgIpc) is 2.85. The molecule has 1 N–H and O–H groups in total. The standard InChI is InChI=1S/C25H23ClN2O6/c1-31-20-10-4-16(12-22(20)32-2)14-24(29)28-27-15-17-5-11-21(23(13-17)33-3)34-25(30)18-6-8-19(26)9-7-18/h4-13,15H,14H2,1-3H3,(H,28,29)/b27-15-.